The zero-order valence-corrected chi connectivity index (χ0v) is 17.2. The van der Waals surface area contributed by atoms with Gasteiger partial charge in [-0.3, -0.25) is 14.9 Å². The van der Waals surface area contributed by atoms with Gasteiger partial charge in [-0.1, -0.05) is 18.2 Å². The minimum absolute atomic E-state index is 0.00960. The largest absolute Gasteiger partial charge is 0.477 e. The van der Waals surface area contributed by atoms with Crippen LogP contribution in [0.3, 0.4) is 0 Å². The predicted octanol–water partition coefficient (Wildman–Crippen LogP) is 3.46. The van der Waals surface area contributed by atoms with Crippen molar-refractivity contribution in [2.45, 2.75) is 18.8 Å². The number of hydrogen-bond donors (Lipinski definition) is 1. The van der Waals surface area contributed by atoms with Gasteiger partial charge in [0.05, 0.1) is 29.0 Å². The number of para-hydroxylation sites is 1. The Morgan fingerprint density at radius 1 is 1.19 bits per heavy atom. The van der Waals surface area contributed by atoms with Crippen LogP contribution >= 0.6 is 0 Å². The lowest BCUT2D eigenvalue weighted by Gasteiger charge is -2.10. The fraction of sp³-hybridized carbons (Fsp3) is 0.227. The normalized spacial score (nSPS) is 12.8. The number of aromatic nitrogens is 2. The van der Waals surface area contributed by atoms with E-state index >= 15 is 0 Å². The molecule has 0 saturated heterocycles. The summed E-state index contributed by atoms with van der Waals surface area (Å²) in [4.78, 5) is 34.8. The average molecular weight is 436 g/mol. The van der Waals surface area contributed by atoms with E-state index in [9.17, 15) is 19.7 Å². The molecule has 1 aliphatic carbocycles. The molecular weight excluding hydrogens is 416 g/mol. The first-order valence-electron chi connectivity index (χ1n) is 9.91. The summed E-state index contributed by atoms with van der Waals surface area (Å²) in [6.07, 6.45) is 2.13. The van der Waals surface area contributed by atoms with E-state index in [1.807, 2.05) is 36.4 Å². The molecule has 1 N–H and O–H groups in total. The number of ether oxygens (including phenoxy) is 2. The third kappa shape index (κ3) is 4.59. The third-order valence-electron chi connectivity index (χ3n) is 4.93. The van der Waals surface area contributed by atoms with Crippen LogP contribution in [0.5, 0.6) is 5.75 Å². The Kier molecular flexibility index (Phi) is 5.84. The number of methoxy groups -OCH3 is 1. The van der Waals surface area contributed by atoms with Gasteiger partial charge < -0.3 is 14.8 Å². The van der Waals surface area contributed by atoms with E-state index in [1.54, 1.807) is 4.68 Å². The van der Waals surface area contributed by atoms with Gasteiger partial charge in [-0.15, -0.1) is 0 Å². The maximum atomic E-state index is 12.5. The number of benzene rings is 2. The van der Waals surface area contributed by atoms with Crippen LogP contribution in [0.2, 0.25) is 0 Å². The summed E-state index contributed by atoms with van der Waals surface area (Å²) >= 11 is 0. The average Bonchev–Trinajstić information content (AvgIpc) is 3.58. The van der Waals surface area contributed by atoms with E-state index in [0.29, 0.717) is 11.7 Å². The Bertz CT molecular complexity index is 1170. The molecule has 1 saturated carbocycles. The summed E-state index contributed by atoms with van der Waals surface area (Å²) in [7, 11) is 1.18. The minimum atomic E-state index is -0.710. The molecule has 4 rings (SSSR count). The van der Waals surface area contributed by atoms with Crippen molar-refractivity contribution in [1.82, 2.24) is 9.78 Å². The van der Waals surface area contributed by atoms with Crippen LogP contribution in [0.1, 0.15) is 34.8 Å². The number of nitrogens with one attached hydrogen (secondary N) is 1. The second-order valence-electron chi connectivity index (χ2n) is 7.24. The highest BCUT2D eigenvalue weighted by molar-refractivity contribution is 5.92. The maximum Gasteiger partial charge on any atom is 0.338 e. The lowest BCUT2D eigenvalue weighted by Crippen LogP contribution is -2.22. The van der Waals surface area contributed by atoms with Crippen molar-refractivity contribution in [3.8, 4) is 11.4 Å². The van der Waals surface area contributed by atoms with Gasteiger partial charge in [-0.25, -0.2) is 9.48 Å². The van der Waals surface area contributed by atoms with E-state index in [2.05, 4.69) is 15.2 Å². The van der Waals surface area contributed by atoms with E-state index in [-0.39, 0.29) is 11.3 Å². The number of rotatable bonds is 8. The Hall–Kier alpha value is -4.21. The van der Waals surface area contributed by atoms with Crippen LogP contribution in [-0.2, 0) is 9.53 Å². The molecule has 10 nitrogen and oxygen atoms in total. The van der Waals surface area contributed by atoms with E-state index in [0.717, 1.165) is 30.3 Å². The lowest BCUT2D eigenvalue weighted by molar-refractivity contribution is -0.385. The molecule has 1 heterocycles. The molecule has 10 heteroatoms. The molecular formula is C22H20N4O6. The standard InChI is InChI=1S/C22H20N4O6/c1-31-22(28)15-9-10-19(18(11-15)26(29)30)32-13-21(27)23-20-12-17(14-7-8-14)24-25(20)16-5-3-2-4-6-16/h2-6,9-12,14H,7-8,13H2,1H3,(H,23,27). The Morgan fingerprint density at radius 3 is 2.59 bits per heavy atom. The van der Waals surface area contributed by atoms with Crippen molar-refractivity contribution in [3.05, 3.63) is 76.0 Å². The molecule has 32 heavy (non-hydrogen) atoms. The molecule has 1 fully saturated rings. The summed E-state index contributed by atoms with van der Waals surface area (Å²) in [6, 6.07) is 14.9. The smallest absolute Gasteiger partial charge is 0.338 e. The molecule has 2 aromatic carbocycles. The first-order valence-corrected chi connectivity index (χ1v) is 9.91. The van der Waals surface area contributed by atoms with Gasteiger partial charge in [0.25, 0.3) is 5.91 Å². The number of nitro groups is 1. The number of carbonyl (C=O) groups is 2. The lowest BCUT2D eigenvalue weighted by atomic mass is 10.2. The fourth-order valence-corrected chi connectivity index (χ4v) is 3.18. The van der Waals surface area contributed by atoms with Crippen LogP contribution in [0.4, 0.5) is 11.5 Å². The molecule has 1 aromatic heterocycles. The van der Waals surface area contributed by atoms with Gasteiger partial charge >= 0.3 is 11.7 Å². The van der Waals surface area contributed by atoms with E-state index in [4.69, 9.17) is 4.74 Å². The summed E-state index contributed by atoms with van der Waals surface area (Å²) in [5.41, 5.74) is 1.27. The predicted molar refractivity (Wildman–Crippen MR) is 114 cm³/mol. The van der Waals surface area contributed by atoms with Crippen LogP contribution in [0.15, 0.2) is 54.6 Å². The highest BCUT2D eigenvalue weighted by Gasteiger charge is 2.28. The number of carbonyl (C=O) groups excluding carboxylic acids is 2. The molecule has 0 bridgehead atoms. The van der Waals surface area contributed by atoms with Crippen LogP contribution in [-0.4, -0.2) is 40.3 Å². The van der Waals surface area contributed by atoms with Crippen molar-refractivity contribution in [2.24, 2.45) is 0 Å². The highest BCUT2D eigenvalue weighted by Crippen LogP contribution is 2.40. The first-order chi connectivity index (χ1) is 15.5. The van der Waals surface area contributed by atoms with Crippen molar-refractivity contribution < 1.29 is 24.0 Å². The summed E-state index contributed by atoms with van der Waals surface area (Å²) in [5.74, 6) is -0.466. The molecule has 3 aromatic rings. The van der Waals surface area contributed by atoms with Crippen LogP contribution < -0.4 is 10.1 Å². The molecule has 1 aliphatic rings. The summed E-state index contributed by atoms with van der Waals surface area (Å²) in [6.45, 7) is -0.461. The highest BCUT2D eigenvalue weighted by atomic mass is 16.6. The number of nitrogens with zero attached hydrogens (tertiary/aromatic N) is 3. The monoisotopic (exact) mass is 436 g/mol. The number of nitro benzene ring substituents is 1. The van der Waals surface area contributed by atoms with Crippen LogP contribution in [0, 0.1) is 10.1 Å². The molecule has 0 aliphatic heterocycles. The Balaban J connectivity index is 1.49. The molecule has 0 atom stereocenters. The molecule has 0 spiro atoms. The minimum Gasteiger partial charge on any atom is -0.477 e. The van der Waals surface area contributed by atoms with Gasteiger partial charge in [0.2, 0.25) is 0 Å². The summed E-state index contributed by atoms with van der Waals surface area (Å²) in [5, 5.41) is 18.7. The number of anilines is 1. The van der Waals surface area contributed by atoms with Gasteiger partial charge in [-0.2, -0.15) is 5.10 Å². The number of amides is 1. The van der Waals surface area contributed by atoms with Crippen LogP contribution in [0.25, 0.3) is 5.69 Å². The van der Waals surface area contributed by atoms with Gasteiger partial charge in [0.15, 0.2) is 12.4 Å². The van der Waals surface area contributed by atoms with E-state index < -0.39 is 29.1 Å². The SMILES string of the molecule is COC(=O)c1ccc(OCC(=O)Nc2cc(C3CC3)nn2-c2ccccc2)c([N+](=O)[O-])c1. The topological polar surface area (TPSA) is 126 Å². The second-order valence-corrected chi connectivity index (χ2v) is 7.24. The Labute approximate surface area is 182 Å². The van der Waals surface area contributed by atoms with Gasteiger partial charge in [-0.05, 0) is 37.1 Å². The fourth-order valence-electron chi connectivity index (χ4n) is 3.18. The van der Waals surface area contributed by atoms with E-state index in [1.165, 1.54) is 19.2 Å². The first kappa shape index (κ1) is 21.0. The molecule has 1 amide bonds. The van der Waals surface area contributed by atoms with Crippen molar-refractivity contribution in [1.29, 1.82) is 0 Å². The Morgan fingerprint density at radius 2 is 1.94 bits per heavy atom. The maximum absolute atomic E-state index is 12.5. The molecule has 0 unspecified atom stereocenters. The van der Waals surface area contributed by atoms with Crippen molar-refractivity contribution in [2.75, 3.05) is 19.0 Å². The zero-order valence-electron chi connectivity index (χ0n) is 17.2. The van der Waals surface area contributed by atoms with Crippen molar-refractivity contribution in [3.63, 3.8) is 0 Å². The number of hydrogen-bond acceptors (Lipinski definition) is 7. The number of esters is 1. The molecule has 0 radical (unpaired) electrons. The summed E-state index contributed by atoms with van der Waals surface area (Å²) < 4.78 is 11.6. The second kappa shape index (κ2) is 8.88. The molecule has 164 valence electrons. The van der Waals surface area contributed by atoms with Gasteiger partial charge in [0, 0.05) is 18.1 Å². The van der Waals surface area contributed by atoms with Gasteiger partial charge in [0.1, 0.15) is 5.82 Å². The zero-order chi connectivity index (χ0) is 22.7. The van der Waals surface area contributed by atoms with Crippen molar-refractivity contribution >= 4 is 23.4 Å². The quantitative estimate of drug-likeness (QED) is 0.326. The third-order valence-corrected chi connectivity index (χ3v) is 4.93.